The van der Waals surface area contributed by atoms with Crippen LogP contribution in [0.25, 0.3) is 0 Å². The SMILES string of the molecule is CCC[C@@H](N)c1cc(OC)cc(Br)c1O. The Balaban J connectivity index is 3.09. The zero-order valence-corrected chi connectivity index (χ0v) is 10.5. The molecule has 4 heteroatoms. The second-order valence-electron chi connectivity index (χ2n) is 3.44. The minimum absolute atomic E-state index is 0.151. The van der Waals surface area contributed by atoms with Gasteiger partial charge in [-0.15, -0.1) is 0 Å². The number of hydrogen-bond acceptors (Lipinski definition) is 3. The van der Waals surface area contributed by atoms with Crippen molar-refractivity contribution in [3.63, 3.8) is 0 Å². The van der Waals surface area contributed by atoms with Crippen LogP contribution in [0.3, 0.4) is 0 Å². The van der Waals surface area contributed by atoms with Gasteiger partial charge in [-0.25, -0.2) is 0 Å². The highest BCUT2D eigenvalue weighted by Gasteiger charge is 2.14. The van der Waals surface area contributed by atoms with Crippen molar-refractivity contribution in [2.45, 2.75) is 25.8 Å². The number of rotatable bonds is 4. The van der Waals surface area contributed by atoms with Crippen molar-refractivity contribution in [3.8, 4) is 11.5 Å². The molecule has 3 nitrogen and oxygen atoms in total. The van der Waals surface area contributed by atoms with E-state index in [1.807, 2.05) is 0 Å². The Labute approximate surface area is 98.4 Å². The smallest absolute Gasteiger partial charge is 0.134 e. The molecule has 0 bridgehead atoms. The van der Waals surface area contributed by atoms with Gasteiger partial charge in [0.15, 0.2) is 0 Å². The van der Waals surface area contributed by atoms with Crippen LogP contribution in [0, 0.1) is 0 Å². The molecule has 0 saturated heterocycles. The molecule has 1 aromatic rings. The Morgan fingerprint density at radius 1 is 1.53 bits per heavy atom. The molecule has 0 heterocycles. The van der Waals surface area contributed by atoms with Crippen molar-refractivity contribution in [3.05, 3.63) is 22.2 Å². The number of hydrogen-bond donors (Lipinski definition) is 2. The van der Waals surface area contributed by atoms with E-state index < -0.39 is 0 Å². The van der Waals surface area contributed by atoms with Gasteiger partial charge in [0, 0.05) is 11.6 Å². The highest BCUT2D eigenvalue weighted by Crippen LogP contribution is 2.36. The molecule has 0 aromatic heterocycles. The summed E-state index contributed by atoms with van der Waals surface area (Å²) in [6, 6.07) is 3.35. The van der Waals surface area contributed by atoms with Crippen molar-refractivity contribution in [1.29, 1.82) is 0 Å². The number of benzene rings is 1. The van der Waals surface area contributed by atoms with Crippen molar-refractivity contribution >= 4 is 15.9 Å². The van der Waals surface area contributed by atoms with E-state index in [-0.39, 0.29) is 11.8 Å². The zero-order chi connectivity index (χ0) is 11.4. The highest BCUT2D eigenvalue weighted by molar-refractivity contribution is 9.10. The van der Waals surface area contributed by atoms with Crippen molar-refractivity contribution in [2.24, 2.45) is 5.73 Å². The Morgan fingerprint density at radius 2 is 2.20 bits per heavy atom. The normalized spacial score (nSPS) is 12.5. The molecule has 15 heavy (non-hydrogen) atoms. The van der Waals surface area contributed by atoms with Crippen LogP contribution in [0.1, 0.15) is 31.4 Å². The molecule has 0 fully saturated rings. The molecule has 1 aromatic carbocycles. The Morgan fingerprint density at radius 3 is 2.73 bits per heavy atom. The zero-order valence-electron chi connectivity index (χ0n) is 8.96. The first-order valence-corrected chi connectivity index (χ1v) is 5.71. The van der Waals surface area contributed by atoms with Crippen molar-refractivity contribution < 1.29 is 9.84 Å². The first kappa shape index (κ1) is 12.3. The molecule has 3 N–H and O–H groups in total. The maximum absolute atomic E-state index is 9.83. The summed E-state index contributed by atoms with van der Waals surface area (Å²) in [5.74, 6) is 0.901. The van der Waals surface area contributed by atoms with Gasteiger partial charge in [-0.2, -0.15) is 0 Å². The maximum atomic E-state index is 9.83. The summed E-state index contributed by atoms with van der Waals surface area (Å²) in [5, 5.41) is 9.83. The monoisotopic (exact) mass is 273 g/mol. The fourth-order valence-electron chi connectivity index (χ4n) is 1.46. The molecule has 0 amide bonds. The summed E-state index contributed by atoms with van der Waals surface area (Å²) in [5.41, 5.74) is 6.69. The van der Waals surface area contributed by atoms with Crippen LogP contribution in [-0.4, -0.2) is 12.2 Å². The molecule has 84 valence electrons. The third-order valence-electron chi connectivity index (χ3n) is 2.30. The predicted octanol–water partition coefficient (Wildman–Crippen LogP) is 2.96. The maximum Gasteiger partial charge on any atom is 0.134 e. The third-order valence-corrected chi connectivity index (χ3v) is 2.91. The van der Waals surface area contributed by atoms with Crippen LogP contribution >= 0.6 is 15.9 Å². The lowest BCUT2D eigenvalue weighted by Gasteiger charge is -2.15. The van der Waals surface area contributed by atoms with Gasteiger partial charge in [0.1, 0.15) is 11.5 Å². The molecule has 1 rings (SSSR count). The second kappa shape index (κ2) is 5.37. The van der Waals surface area contributed by atoms with Crippen LogP contribution < -0.4 is 10.5 Å². The Bertz CT molecular complexity index is 342. The number of phenols is 1. The number of ether oxygens (including phenoxy) is 1. The Hall–Kier alpha value is -0.740. The largest absolute Gasteiger partial charge is 0.506 e. The Kier molecular flexibility index (Phi) is 4.42. The fourth-order valence-corrected chi connectivity index (χ4v) is 1.92. The van der Waals surface area contributed by atoms with E-state index in [1.54, 1.807) is 19.2 Å². The van der Waals surface area contributed by atoms with Gasteiger partial charge >= 0.3 is 0 Å². The van der Waals surface area contributed by atoms with E-state index in [4.69, 9.17) is 10.5 Å². The van der Waals surface area contributed by atoms with Crippen molar-refractivity contribution in [2.75, 3.05) is 7.11 Å². The number of halogens is 1. The lowest BCUT2D eigenvalue weighted by Crippen LogP contribution is -2.10. The molecule has 0 saturated carbocycles. The lowest BCUT2D eigenvalue weighted by atomic mass is 10.0. The molecule has 0 spiro atoms. The molecule has 0 aliphatic carbocycles. The van der Waals surface area contributed by atoms with Crippen LogP contribution in [0.15, 0.2) is 16.6 Å². The highest BCUT2D eigenvalue weighted by atomic mass is 79.9. The van der Waals surface area contributed by atoms with Crippen LogP contribution in [-0.2, 0) is 0 Å². The molecule has 0 aliphatic rings. The summed E-state index contributed by atoms with van der Waals surface area (Å²) in [7, 11) is 1.59. The lowest BCUT2D eigenvalue weighted by molar-refractivity contribution is 0.407. The van der Waals surface area contributed by atoms with Crippen LogP contribution in [0.5, 0.6) is 11.5 Å². The second-order valence-corrected chi connectivity index (χ2v) is 4.30. The summed E-state index contributed by atoms with van der Waals surface area (Å²) in [6.45, 7) is 2.06. The van der Waals surface area contributed by atoms with Crippen LogP contribution in [0.4, 0.5) is 0 Å². The van der Waals surface area contributed by atoms with Crippen LogP contribution in [0.2, 0.25) is 0 Å². The molecular weight excluding hydrogens is 258 g/mol. The number of nitrogens with two attached hydrogens (primary N) is 1. The predicted molar refractivity (Wildman–Crippen MR) is 64.2 cm³/mol. The van der Waals surface area contributed by atoms with E-state index in [0.717, 1.165) is 18.4 Å². The fraction of sp³-hybridized carbons (Fsp3) is 0.455. The van der Waals surface area contributed by atoms with E-state index in [1.165, 1.54) is 0 Å². The number of phenolic OH excluding ortho intramolecular Hbond substituents is 1. The summed E-state index contributed by atoms with van der Waals surface area (Å²) >= 11 is 3.27. The van der Waals surface area contributed by atoms with Gasteiger partial charge in [-0.3, -0.25) is 0 Å². The average molecular weight is 274 g/mol. The van der Waals surface area contributed by atoms with E-state index in [9.17, 15) is 5.11 Å². The molecule has 1 atom stereocenters. The quantitative estimate of drug-likeness (QED) is 0.887. The summed E-state index contributed by atoms with van der Waals surface area (Å²) in [4.78, 5) is 0. The van der Waals surface area contributed by atoms with Gasteiger partial charge in [0.2, 0.25) is 0 Å². The first-order chi connectivity index (χ1) is 7.10. The van der Waals surface area contributed by atoms with E-state index in [2.05, 4.69) is 22.9 Å². The summed E-state index contributed by atoms with van der Waals surface area (Å²) < 4.78 is 5.74. The van der Waals surface area contributed by atoms with Crippen molar-refractivity contribution in [1.82, 2.24) is 0 Å². The van der Waals surface area contributed by atoms with Gasteiger partial charge in [0.25, 0.3) is 0 Å². The minimum Gasteiger partial charge on any atom is -0.506 e. The van der Waals surface area contributed by atoms with Gasteiger partial charge in [-0.1, -0.05) is 13.3 Å². The topological polar surface area (TPSA) is 55.5 Å². The van der Waals surface area contributed by atoms with E-state index >= 15 is 0 Å². The first-order valence-electron chi connectivity index (χ1n) is 4.92. The van der Waals surface area contributed by atoms with Gasteiger partial charge in [-0.05, 0) is 34.5 Å². The average Bonchev–Trinajstić information content (AvgIpc) is 2.22. The number of methoxy groups -OCH3 is 1. The standard InChI is InChI=1S/C11H16BrNO2/c1-3-4-10(13)8-5-7(15-2)6-9(12)11(8)14/h5-6,10,14H,3-4,13H2,1-2H3/t10-/m1/s1. The molecule has 0 radical (unpaired) electrons. The number of aromatic hydroxyl groups is 1. The molecule has 0 aliphatic heterocycles. The molecule has 0 unspecified atom stereocenters. The third kappa shape index (κ3) is 2.86. The van der Waals surface area contributed by atoms with Gasteiger partial charge in [0.05, 0.1) is 11.6 Å². The summed E-state index contributed by atoms with van der Waals surface area (Å²) in [6.07, 6.45) is 1.82. The van der Waals surface area contributed by atoms with E-state index in [0.29, 0.717) is 10.2 Å². The minimum atomic E-state index is -0.151. The van der Waals surface area contributed by atoms with Gasteiger partial charge < -0.3 is 15.6 Å². The molecular formula is C11H16BrNO2.